The summed E-state index contributed by atoms with van der Waals surface area (Å²) < 4.78 is 62.0. The van der Waals surface area contributed by atoms with Crippen LogP contribution in [0.25, 0.3) is 0 Å². The first-order chi connectivity index (χ1) is 11.6. The molecule has 0 saturated carbocycles. The number of anilines is 1. The zero-order valence-corrected chi connectivity index (χ0v) is 15.9. The number of aryl methyl sites for hydroxylation is 1. The van der Waals surface area contributed by atoms with Crippen LogP contribution < -0.4 is 4.72 Å². The molecule has 0 radical (unpaired) electrons. The molecule has 9 heteroatoms. The molecule has 0 bridgehead atoms. The molecule has 0 aliphatic rings. The molecular formula is C16H25F3N2O3S. The van der Waals surface area contributed by atoms with E-state index >= 15 is 0 Å². The van der Waals surface area contributed by atoms with Gasteiger partial charge in [0.1, 0.15) is 6.61 Å². The molecule has 0 unspecified atom stereocenters. The largest absolute Gasteiger partial charge is 0.516 e. The molecule has 0 aliphatic carbocycles. The van der Waals surface area contributed by atoms with Gasteiger partial charge in [0.25, 0.3) is 0 Å². The lowest BCUT2D eigenvalue weighted by Gasteiger charge is -2.15. The third kappa shape index (κ3) is 6.93. The number of alkyl halides is 3. The molecule has 0 spiro atoms. The van der Waals surface area contributed by atoms with Gasteiger partial charge < -0.3 is 4.84 Å². The minimum Gasteiger partial charge on any atom is -0.396 e. The molecule has 0 aromatic heterocycles. The second kappa shape index (κ2) is 10.3. The molecule has 1 aromatic carbocycles. The number of sulfonamides is 1. The van der Waals surface area contributed by atoms with Gasteiger partial charge in [-0.3, -0.25) is 4.72 Å². The normalized spacial score (nSPS) is 12.2. The Morgan fingerprint density at radius 2 is 1.84 bits per heavy atom. The summed E-state index contributed by atoms with van der Waals surface area (Å²) in [5.74, 6) is 0. The lowest BCUT2D eigenvalue weighted by Crippen LogP contribution is -2.30. The molecule has 0 fully saturated rings. The van der Waals surface area contributed by atoms with Crippen molar-refractivity contribution in [2.24, 2.45) is 5.16 Å². The summed E-state index contributed by atoms with van der Waals surface area (Å²) in [6, 6.07) is 4.37. The van der Waals surface area contributed by atoms with E-state index in [-0.39, 0.29) is 11.3 Å². The summed E-state index contributed by atoms with van der Waals surface area (Å²) in [6.45, 7) is 9.63. The maximum Gasteiger partial charge on any atom is 0.516 e. The quantitative estimate of drug-likeness (QED) is 0.543. The molecule has 1 N–H and O–H groups in total. The molecule has 5 nitrogen and oxygen atoms in total. The average Bonchev–Trinajstić information content (AvgIpc) is 2.54. The minimum atomic E-state index is -5.50. The van der Waals surface area contributed by atoms with Crippen molar-refractivity contribution >= 4 is 21.4 Å². The Kier molecular flexibility index (Phi) is 9.55. The molecule has 0 saturated heterocycles. The molecule has 0 atom stereocenters. The fourth-order valence-corrected chi connectivity index (χ4v) is 2.38. The standard InChI is InChI=1S/C14H19F3N2O3S.C2H6/c1-4-6-12(18-22-5-2)11-9-10(3)7-8-13(11)19-23(20,21)14(15,16)17;1-2/h7-9,19H,4-6H2,1-3H3;1-2H3/b18-12+;. The summed E-state index contributed by atoms with van der Waals surface area (Å²) in [4.78, 5) is 4.98. The summed E-state index contributed by atoms with van der Waals surface area (Å²) in [5.41, 5.74) is -4.15. The van der Waals surface area contributed by atoms with Gasteiger partial charge in [0.05, 0.1) is 11.4 Å². The number of rotatable bonds is 7. The Morgan fingerprint density at radius 3 is 2.32 bits per heavy atom. The highest BCUT2D eigenvalue weighted by molar-refractivity contribution is 7.93. The first-order valence-corrected chi connectivity index (χ1v) is 9.49. The third-order valence-electron chi connectivity index (χ3n) is 2.83. The molecule has 1 aromatic rings. The van der Waals surface area contributed by atoms with Gasteiger partial charge in [0.2, 0.25) is 0 Å². The smallest absolute Gasteiger partial charge is 0.396 e. The van der Waals surface area contributed by atoms with Gasteiger partial charge in [-0.2, -0.15) is 21.6 Å². The van der Waals surface area contributed by atoms with Crippen LogP contribution in [0.1, 0.15) is 51.7 Å². The number of benzene rings is 1. The van der Waals surface area contributed by atoms with Gasteiger partial charge in [-0.15, -0.1) is 0 Å². The van der Waals surface area contributed by atoms with Gasteiger partial charge in [0.15, 0.2) is 0 Å². The van der Waals surface area contributed by atoms with E-state index in [0.29, 0.717) is 25.2 Å². The topological polar surface area (TPSA) is 67.8 Å². The van der Waals surface area contributed by atoms with E-state index in [2.05, 4.69) is 5.16 Å². The van der Waals surface area contributed by atoms with E-state index in [9.17, 15) is 21.6 Å². The van der Waals surface area contributed by atoms with Crippen LogP contribution in [0.15, 0.2) is 23.4 Å². The van der Waals surface area contributed by atoms with Crippen molar-refractivity contribution in [2.45, 2.75) is 53.0 Å². The van der Waals surface area contributed by atoms with Crippen LogP contribution in [0.4, 0.5) is 18.9 Å². The van der Waals surface area contributed by atoms with Crippen molar-refractivity contribution in [3.05, 3.63) is 29.3 Å². The Labute approximate surface area is 147 Å². The van der Waals surface area contributed by atoms with Crippen molar-refractivity contribution in [3.8, 4) is 0 Å². The molecule has 0 aliphatic heterocycles. The van der Waals surface area contributed by atoms with Crippen molar-refractivity contribution in [3.63, 3.8) is 0 Å². The number of nitrogens with one attached hydrogen (secondary N) is 1. The van der Waals surface area contributed by atoms with Gasteiger partial charge in [-0.05, 0) is 32.4 Å². The van der Waals surface area contributed by atoms with Crippen molar-refractivity contribution in [1.29, 1.82) is 0 Å². The second-order valence-electron chi connectivity index (χ2n) is 4.81. The molecule has 1 rings (SSSR count). The summed E-state index contributed by atoms with van der Waals surface area (Å²) in [5, 5.41) is 3.90. The minimum absolute atomic E-state index is 0.181. The lowest BCUT2D eigenvalue weighted by molar-refractivity contribution is -0.0429. The number of oxime groups is 1. The summed E-state index contributed by atoms with van der Waals surface area (Å²) in [7, 11) is -5.50. The van der Waals surface area contributed by atoms with Crippen LogP contribution in [-0.4, -0.2) is 26.2 Å². The Hall–Kier alpha value is -1.77. The van der Waals surface area contributed by atoms with Crippen molar-refractivity contribution in [2.75, 3.05) is 11.3 Å². The van der Waals surface area contributed by atoms with Crippen molar-refractivity contribution in [1.82, 2.24) is 0 Å². The number of hydrogen-bond acceptors (Lipinski definition) is 4. The summed E-state index contributed by atoms with van der Waals surface area (Å²) >= 11 is 0. The fourth-order valence-electron chi connectivity index (χ4n) is 1.80. The van der Waals surface area contributed by atoms with Gasteiger partial charge in [-0.1, -0.05) is 44.0 Å². The van der Waals surface area contributed by atoms with Gasteiger partial charge in [0, 0.05) is 5.56 Å². The van der Waals surface area contributed by atoms with Gasteiger partial charge >= 0.3 is 15.5 Å². The van der Waals surface area contributed by atoms with Crippen LogP contribution in [0.2, 0.25) is 0 Å². The number of halogens is 3. The first kappa shape index (κ1) is 23.2. The molecule has 0 heterocycles. The van der Waals surface area contributed by atoms with Gasteiger partial charge in [-0.25, -0.2) is 0 Å². The Bertz CT molecular complexity index is 672. The Balaban J connectivity index is 0.00000277. The van der Waals surface area contributed by atoms with Crippen LogP contribution in [0, 0.1) is 6.92 Å². The third-order valence-corrected chi connectivity index (χ3v) is 3.92. The Morgan fingerprint density at radius 1 is 1.24 bits per heavy atom. The SMILES string of the molecule is CC.CCC/C(=N\OCC)c1cc(C)ccc1NS(=O)(=O)C(F)(F)F. The highest BCUT2D eigenvalue weighted by Crippen LogP contribution is 2.28. The van der Waals surface area contributed by atoms with Crippen molar-refractivity contribution < 1.29 is 26.4 Å². The highest BCUT2D eigenvalue weighted by Gasteiger charge is 2.46. The zero-order valence-electron chi connectivity index (χ0n) is 15.1. The highest BCUT2D eigenvalue weighted by atomic mass is 32.2. The summed E-state index contributed by atoms with van der Waals surface area (Å²) in [6.07, 6.45) is 1.11. The predicted octanol–water partition coefficient (Wildman–Crippen LogP) is 4.82. The molecular weight excluding hydrogens is 357 g/mol. The van der Waals surface area contributed by atoms with Crippen LogP contribution >= 0.6 is 0 Å². The monoisotopic (exact) mass is 382 g/mol. The molecule has 0 amide bonds. The fraction of sp³-hybridized carbons (Fsp3) is 0.562. The molecule has 25 heavy (non-hydrogen) atoms. The van der Waals surface area contributed by atoms with Crippen LogP contribution in [0.3, 0.4) is 0 Å². The second-order valence-corrected chi connectivity index (χ2v) is 6.48. The number of hydrogen-bond donors (Lipinski definition) is 1. The average molecular weight is 382 g/mol. The van der Waals surface area contributed by atoms with E-state index in [1.165, 1.54) is 12.1 Å². The van der Waals surface area contributed by atoms with E-state index in [0.717, 1.165) is 5.56 Å². The molecule has 144 valence electrons. The lowest BCUT2D eigenvalue weighted by atomic mass is 10.0. The van der Waals surface area contributed by atoms with E-state index in [1.54, 1.807) is 24.6 Å². The van der Waals surface area contributed by atoms with Crippen LogP contribution in [-0.2, 0) is 14.9 Å². The number of nitrogens with zero attached hydrogens (tertiary/aromatic N) is 1. The zero-order chi connectivity index (χ0) is 19.7. The van der Waals surface area contributed by atoms with Crippen LogP contribution in [0.5, 0.6) is 0 Å². The predicted molar refractivity (Wildman–Crippen MR) is 94.2 cm³/mol. The maximum atomic E-state index is 12.6. The van der Waals surface area contributed by atoms with E-state index in [1.807, 2.05) is 20.8 Å². The van der Waals surface area contributed by atoms with E-state index in [4.69, 9.17) is 4.84 Å². The van der Waals surface area contributed by atoms with E-state index < -0.39 is 15.5 Å². The first-order valence-electron chi connectivity index (χ1n) is 8.01. The maximum absolute atomic E-state index is 12.6.